The van der Waals surface area contributed by atoms with Gasteiger partial charge in [0.1, 0.15) is 6.04 Å². The van der Waals surface area contributed by atoms with E-state index in [4.69, 9.17) is 4.74 Å². The maximum absolute atomic E-state index is 11.5. The van der Waals surface area contributed by atoms with Crippen LogP contribution in [0.25, 0.3) is 0 Å². The smallest absolute Gasteiger partial charge is 0.328 e. The maximum Gasteiger partial charge on any atom is 0.328 e. The Labute approximate surface area is 114 Å². The summed E-state index contributed by atoms with van der Waals surface area (Å²) in [6.07, 6.45) is 0.341. The standard InChI is InChI=1S/C13H24N2O4/c1-6-19-12(18)9(2)15-11(17)8-14-10(16)7-13(3,4)5/h9H,6-8H2,1-5H3,(H,14,16)(H,15,17). The van der Waals surface area contributed by atoms with Gasteiger partial charge < -0.3 is 15.4 Å². The molecule has 0 bridgehead atoms. The van der Waals surface area contributed by atoms with Gasteiger partial charge in [0.25, 0.3) is 0 Å². The predicted octanol–water partition coefficient (Wildman–Crippen LogP) is 0.607. The monoisotopic (exact) mass is 272 g/mol. The van der Waals surface area contributed by atoms with Crippen molar-refractivity contribution in [3.05, 3.63) is 0 Å². The van der Waals surface area contributed by atoms with Gasteiger partial charge in [0.15, 0.2) is 0 Å². The van der Waals surface area contributed by atoms with E-state index in [1.54, 1.807) is 6.92 Å². The SMILES string of the molecule is CCOC(=O)C(C)NC(=O)CNC(=O)CC(C)(C)C. The fourth-order valence-electron chi connectivity index (χ4n) is 1.34. The fourth-order valence-corrected chi connectivity index (χ4v) is 1.34. The molecule has 0 aliphatic carbocycles. The first-order chi connectivity index (χ1) is 8.65. The van der Waals surface area contributed by atoms with Crippen molar-refractivity contribution in [1.82, 2.24) is 10.6 Å². The Morgan fingerprint density at radius 3 is 2.21 bits per heavy atom. The van der Waals surface area contributed by atoms with E-state index in [9.17, 15) is 14.4 Å². The maximum atomic E-state index is 11.5. The normalized spacial score (nSPS) is 12.5. The van der Waals surface area contributed by atoms with Crippen molar-refractivity contribution >= 4 is 17.8 Å². The largest absolute Gasteiger partial charge is 0.464 e. The highest BCUT2D eigenvalue weighted by Gasteiger charge is 2.18. The number of ether oxygens (including phenoxy) is 1. The van der Waals surface area contributed by atoms with Crippen LogP contribution in [-0.4, -0.2) is 37.0 Å². The Morgan fingerprint density at radius 1 is 1.16 bits per heavy atom. The Balaban J connectivity index is 3.99. The molecular formula is C13H24N2O4. The highest BCUT2D eigenvalue weighted by atomic mass is 16.5. The molecule has 0 aliphatic heterocycles. The van der Waals surface area contributed by atoms with Crippen LogP contribution < -0.4 is 10.6 Å². The van der Waals surface area contributed by atoms with Gasteiger partial charge in [-0.3, -0.25) is 9.59 Å². The van der Waals surface area contributed by atoms with Crippen LogP contribution in [0.1, 0.15) is 41.0 Å². The molecule has 0 saturated carbocycles. The minimum Gasteiger partial charge on any atom is -0.464 e. The van der Waals surface area contributed by atoms with Gasteiger partial charge in [-0.1, -0.05) is 20.8 Å². The van der Waals surface area contributed by atoms with Gasteiger partial charge in [-0.2, -0.15) is 0 Å². The number of hydrogen-bond donors (Lipinski definition) is 2. The lowest BCUT2D eigenvalue weighted by molar-refractivity contribution is -0.146. The highest BCUT2D eigenvalue weighted by molar-refractivity contribution is 5.88. The molecule has 0 aromatic heterocycles. The second kappa shape index (κ2) is 7.76. The minimum absolute atomic E-state index is 0.126. The lowest BCUT2D eigenvalue weighted by atomic mass is 9.92. The summed E-state index contributed by atoms with van der Waals surface area (Å²) in [5.41, 5.74) is -0.126. The average molecular weight is 272 g/mol. The summed E-state index contributed by atoms with van der Waals surface area (Å²) in [6.45, 7) is 9.17. The van der Waals surface area contributed by atoms with Gasteiger partial charge in [0.05, 0.1) is 13.2 Å². The molecule has 0 radical (unpaired) electrons. The zero-order valence-corrected chi connectivity index (χ0v) is 12.3. The number of rotatable bonds is 6. The molecule has 110 valence electrons. The van der Waals surface area contributed by atoms with Crippen LogP contribution in [0.4, 0.5) is 0 Å². The fraction of sp³-hybridized carbons (Fsp3) is 0.769. The van der Waals surface area contributed by atoms with E-state index in [0.717, 1.165) is 0 Å². The van der Waals surface area contributed by atoms with Crippen molar-refractivity contribution in [2.45, 2.75) is 47.1 Å². The van der Waals surface area contributed by atoms with Gasteiger partial charge in [-0.15, -0.1) is 0 Å². The first-order valence-electron chi connectivity index (χ1n) is 6.38. The second-order valence-corrected chi connectivity index (χ2v) is 5.56. The third-order valence-corrected chi connectivity index (χ3v) is 2.15. The Morgan fingerprint density at radius 2 is 1.74 bits per heavy atom. The molecular weight excluding hydrogens is 248 g/mol. The topological polar surface area (TPSA) is 84.5 Å². The Hall–Kier alpha value is -1.59. The molecule has 0 heterocycles. The van der Waals surface area contributed by atoms with E-state index in [0.29, 0.717) is 6.42 Å². The lowest BCUT2D eigenvalue weighted by Crippen LogP contribution is -2.45. The molecule has 6 nitrogen and oxygen atoms in total. The van der Waals surface area contributed by atoms with Crippen LogP contribution in [-0.2, 0) is 19.1 Å². The van der Waals surface area contributed by atoms with E-state index >= 15 is 0 Å². The minimum atomic E-state index is -0.716. The molecule has 0 saturated heterocycles. The first-order valence-corrected chi connectivity index (χ1v) is 6.38. The summed E-state index contributed by atoms with van der Waals surface area (Å²) in [5, 5.41) is 4.97. The number of carbonyl (C=O) groups excluding carboxylic acids is 3. The van der Waals surface area contributed by atoms with Crippen molar-refractivity contribution in [2.24, 2.45) is 5.41 Å². The third-order valence-electron chi connectivity index (χ3n) is 2.15. The van der Waals surface area contributed by atoms with E-state index in [2.05, 4.69) is 10.6 Å². The molecule has 2 N–H and O–H groups in total. The summed E-state index contributed by atoms with van der Waals surface area (Å²) in [4.78, 5) is 34.3. The second-order valence-electron chi connectivity index (χ2n) is 5.56. The molecule has 1 unspecified atom stereocenters. The molecule has 1 atom stereocenters. The summed E-state index contributed by atoms with van der Waals surface area (Å²) in [5.74, 6) is -1.09. The van der Waals surface area contributed by atoms with Crippen molar-refractivity contribution < 1.29 is 19.1 Å². The molecule has 0 aromatic carbocycles. The molecule has 0 fully saturated rings. The number of esters is 1. The zero-order chi connectivity index (χ0) is 15.1. The van der Waals surface area contributed by atoms with Crippen molar-refractivity contribution in [3.8, 4) is 0 Å². The molecule has 19 heavy (non-hydrogen) atoms. The van der Waals surface area contributed by atoms with Crippen LogP contribution >= 0.6 is 0 Å². The Bertz CT molecular complexity index is 334. The lowest BCUT2D eigenvalue weighted by Gasteiger charge is -2.17. The van der Waals surface area contributed by atoms with E-state index in [-0.39, 0.29) is 24.5 Å². The van der Waals surface area contributed by atoms with Gasteiger partial charge in [-0.25, -0.2) is 4.79 Å². The molecule has 2 amide bonds. The molecule has 0 rings (SSSR count). The number of hydrogen-bond acceptors (Lipinski definition) is 4. The van der Waals surface area contributed by atoms with Gasteiger partial charge in [-0.05, 0) is 19.3 Å². The quantitative estimate of drug-likeness (QED) is 0.694. The van der Waals surface area contributed by atoms with Gasteiger partial charge in [0, 0.05) is 6.42 Å². The average Bonchev–Trinajstić information content (AvgIpc) is 2.24. The number of nitrogens with one attached hydrogen (secondary N) is 2. The highest BCUT2D eigenvalue weighted by Crippen LogP contribution is 2.17. The van der Waals surface area contributed by atoms with Crippen LogP contribution in [0.2, 0.25) is 0 Å². The molecule has 0 aliphatic rings. The van der Waals surface area contributed by atoms with E-state index in [1.165, 1.54) is 6.92 Å². The van der Waals surface area contributed by atoms with Gasteiger partial charge >= 0.3 is 5.97 Å². The molecule has 0 spiro atoms. The van der Waals surface area contributed by atoms with Crippen LogP contribution in [0.3, 0.4) is 0 Å². The Kier molecular flexibility index (Phi) is 7.11. The molecule has 6 heteroatoms. The third kappa shape index (κ3) is 9.04. The predicted molar refractivity (Wildman–Crippen MR) is 71.3 cm³/mol. The summed E-state index contributed by atoms with van der Waals surface area (Å²) in [6, 6.07) is -0.716. The number of carbonyl (C=O) groups is 3. The summed E-state index contributed by atoms with van der Waals surface area (Å²) >= 11 is 0. The van der Waals surface area contributed by atoms with Crippen molar-refractivity contribution in [1.29, 1.82) is 0 Å². The summed E-state index contributed by atoms with van der Waals surface area (Å²) < 4.78 is 4.75. The van der Waals surface area contributed by atoms with Crippen molar-refractivity contribution in [2.75, 3.05) is 13.2 Å². The van der Waals surface area contributed by atoms with Gasteiger partial charge in [0.2, 0.25) is 11.8 Å². The van der Waals surface area contributed by atoms with E-state index in [1.807, 2.05) is 20.8 Å². The van der Waals surface area contributed by atoms with Crippen LogP contribution in [0, 0.1) is 5.41 Å². The number of amides is 2. The van der Waals surface area contributed by atoms with Crippen LogP contribution in [0.15, 0.2) is 0 Å². The van der Waals surface area contributed by atoms with Crippen LogP contribution in [0.5, 0.6) is 0 Å². The first kappa shape index (κ1) is 17.4. The zero-order valence-electron chi connectivity index (χ0n) is 12.3. The van der Waals surface area contributed by atoms with Crippen molar-refractivity contribution in [3.63, 3.8) is 0 Å². The van der Waals surface area contributed by atoms with E-state index < -0.39 is 17.9 Å². The molecule has 0 aromatic rings. The summed E-state index contributed by atoms with van der Waals surface area (Å²) in [7, 11) is 0.